The molecule has 4 nitrogen and oxygen atoms in total. The number of carbonyl (C=O) groups is 1. The maximum absolute atomic E-state index is 11.7. The molecule has 0 saturated heterocycles. The van der Waals surface area contributed by atoms with Crippen LogP contribution < -0.4 is 4.48 Å². The van der Waals surface area contributed by atoms with E-state index in [-0.39, 0.29) is 5.97 Å². The number of hydrogen-bond donors (Lipinski definition) is 0. The van der Waals surface area contributed by atoms with Crippen molar-refractivity contribution in [2.45, 2.75) is 0 Å². The van der Waals surface area contributed by atoms with Crippen molar-refractivity contribution in [2.24, 2.45) is 0 Å². The van der Waals surface area contributed by atoms with E-state index in [0.29, 0.717) is 10.0 Å². The summed E-state index contributed by atoms with van der Waals surface area (Å²) in [4.78, 5) is 16.7. The molecule has 0 spiro atoms. The van der Waals surface area contributed by atoms with Gasteiger partial charge in [0.05, 0.1) is 26.7 Å². The SMILES string of the molecule is CN(C)OC(=O)c1cccc([N+](C)(C)C)c1. The molecule has 0 fully saturated rings. The number of carbonyl (C=O) groups excluding carboxylic acids is 1. The van der Waals surface area contributed by atoms with E-state index < -0.39 is 0 Å². The van der Waals surface area contributed by atoms with Gasteiger partial charge < -0.3 is 4.84 Å². The molecule has 0 aliphatic rings. The van der Waals surface area contributed by atoms with Crippen molar-refractivity contribution >= 4 is 11.7 Å². The van der Waals surface area contributed by atoms with Crippen LogP contribution in [0, 0.1) is 0 Å². The highest BCUT2D eigenvalue weighted by atomic mass is 16.7. The number of hydroxylamine groups is 2. The molecule has 0 aliphatic heterocycles. The Hall–Kier alpha value is -1.39. The molecule has 0 aliphatic carbocycles. The van der Waals surface area contributed by atoms with E-state index >= 15 is 0 Å². The summed E-state index contributed by atoms with van der Waals surface area (Å²) >= 11 is 0. The van der Waals surface area contributed by atoms with Gasteiger partial charge in [-0.05, 0) is 12.1 Å². The molecular weight excluding hydrogens is 204 g/mol. The molecule has 0 atom stereocenters. The maximum Gasteiger partial charge on any atom is 0.357 e. The van der Waals surface area contributed by atoms with Crippen molar-refractivity contribution in [3.8, 4) is 0 Å². The Morgan fingerprint density at radius 3 is 2.38 bits per heavy atom. The van der Waals surface area contributed by atoms with E-state index in [0.717, 1.165) is 5.69 Å². The number of hydrogen-bond acceptors (Lipinski definition) is 3. The van der Waals surface area contributed by atoms with Crippen molar-refractivity contribution in [1.29, 1.82) is 0 Å². The van der Waals surface area contributed by atoms with Gasteiger partial charge in [0, 0.05) is 20.2 Å². The van der Waals surface area contributed by atoms with Gasteiger partial charge in [-0.3, -0.25) is 4.48 Å². The van der Waals surface area contributed by atoms with Gasteiger partial charge in [-0.2, -0.15) is 0 Å². The zero-order valence-electron chi connectivity index (χ0n) is 10.5. The Balaban J connectivity index is 2.95. The summed E-state index contributed by atoms with van der Waals surface area (Å²) in [7, 11) is 9.52. The summed E-state index contributed by atoms with van der Waals surface area (Å²) in [5.41, 5.74) is 1.63. The van der Waals surface area contributed by atoms with Crippen LogP contribution in [0.4, 0.5) is 5.69 Å². The summed E-state index contributed by atoms with van der Waals surface area (Å²) in [6, 6.07) is 7.47. The molecule has 1 aromatic carbocycles. The highest BCUT2D eigenvalue weighted by molar-refractivity contribution is 5.90. The molecule has 16 heavy (non-hydrogen) atoms. The first kappa shape index (κ1) is 12.7. The van der Waals surface area contributed by atoms with Gasteiger partial charge in [-0.25, -0.2) is 4.79 Å². The molecule has 4 heteroatoms. The van der Waals surface area contributed by atoms with E-state index in [1.54, 1.807) is 20.2 Å². The fourth-order valence-corrected chi connectivity index (χ4v) is 1.27. The number of benzene rings is 1. The van der Waals surface area contributed by atoms with Gasteiger partial charge in [0.15, 0.2) is 0 Å². The van der Waals surface area contributed by atoms with Crippen molar-refractivity contribution in [3.63, 3.8) is 0 Å². The van der Waals surface area contributed by atoms with E-state index in [1.165, 1.54) is 5.06 Å². The molecule has 0 N–H and O–H groups in total. The lowest BCUT2D eigenvalue weighted by Gasteiger charge is -2.23. The van der Waals surface area contributed by atoms with Crippen LogP contribution in [0.15, 0.2) is 24.3 Å². The number of rotatable bonds is 3. The van der Waals surface area contributed by atoms with Gasteiger partial charge in [0.25, 0.3) is 0 Å². The molecule has 0 amide bonds. The van der Waals surface area contributed by atoms with E-state index in [2.05, 4.69) is 21.1 Å². The average molecular weight is 223 g/mol. The molecule has 88 valence electrons. The number of nitrogens with zero attached hydrogens (tertiary/aromatic N) is 2. The molecule has 0 heterocycles. The third-order valence-electron chi connectivity index (χ3n) is 2.12. The standard InChI is InChI=1S/C12H19N2O2/c1-13(2)16-12(15)10-7-6-8-11(9-10)14(3,4)5/h6-9H,1-5H3/q+1. The second-order valence-electron chi connectivity index (χ2n) is 4.75. The smallest absolute Gasteiger partial charge is 0.357 e. The largest absolute Gasteiger partial charge is 0.364 e. The fraction of sp³-hybridized carbons (Fsp3) is 0.417. The lowest BCUT2D eigenvalue weighted by molar-refractivity contribution is -0.0713. The van der Waals surface area contributed by atoms with Gasteiger partial charge in [0.2, 0.25) is 0 Å². The topological polar surface area (TPSA) is 29.5 Å². The second-order valence-corrected chi connectivity index (χ2v) is 4.75. The predicted molar refractivity (Wildman–Crippen MR) is 65.1 cm³/mol. The Bertz CT molecular complexity index is 381. The first-order chi connectivity index (χ1) is 7.30. The summed E-state index contributed by atoms with van der Waals surface area (Å²) in [5.74, 6) is -0.333. The summed E-state index contributed by atoms with van der Waals surface area (Å²) in [6.45, 7) is 0. The molecule has 0 bridgehead atoms. The molecule has 0 unspecified atom stereocenters. The van der Waals surface area contributed by atoms with Crippen molar-refractivity contribution in [2.75, 3.05) is 35.2 Å². The third kappa shape index (κ3) is 3.32. The summed E-state index contributed by atoms with van der Waals surface area (Å²) in [6.07, 6.45) is 0. The zero-order chi connectivity index (χ0) is 12.3. The van der Waals surface area contributed by atoms with E-state index in [9.17, 15) is 4.79 Å². The Labute approximate surface area is 96.6 Å². The summed E-state index contributed by atoms with van der Waals surface area (Å²) in [5, 5.41) is 1.39. The molecular formula is C12H19N2O2+. The van der Waals surface area contributed by atoms with Crippen LogP contribution in [-0.2, 0) is 4.84 Å². The second kappa shape index (κ2) is 4.63. The molecule has 1 rings (SSSR count). The Kier molecular flexibility index (Phi) is 3.67. The van der Waals surface area contributed by atoms with Crippen molar-refractivity contribution < 1.29 is 9.63 Å². The molecule has 0 saturated carbocycles. The monoisotopic (exact) mass is 223 g/mol. The van der Waals surface area contributed by atoms with E-state index in [1.807, 2.05) is 18.2 Å². The normalized spacial score (nSPS) is 11.6. The van der Waals surface area contributed by atoms with Gasteiger partial charge in [0.1, 0.15) is 5.69 Å². The minimum absolute atomic E-state index is 0.333. The summed E-state index contributed by atoms with van der Waals surface area (Å²) < 4.78 is 0.670. The molecule has 0 aromatic heterocycles. The maximum atomic E-state index is 11.7. The quantitative estimate of drug-likeness (QED) is 0.574. The van der Waals surface area contributed by atoms with E-state index in [4.69, 9.17) is 4.84 Å². The lowest BCUT2D eigenvalue weighted by atomic mass is 10.2. The Morgan fingerprint density at radius 1 is 1.25 bits per heavy atom. The van der Waals surface area contributed by atoms with Crippen LogP contribution in [0.2, 0.25) is 0 Å². The van der Waals surface area contributed by atoms with Crippen LogP contribution >= 0.6 is 0 Å². The van der Waals surface area contributed by atoms with Crippen LogP contribution in [0.25, 0.3) is 0 Å². The number of quaternary nitrogens is 1. The minimum atomic E-state index is -0.333. The molecule has 1 aromatic rings. The fourth-order valence-electron chi connectivity index (χ4n) is 1.27. The van der Waals surface area contributed by atoms with Crippen LogP contribution in [-0.4, -0.2) is 46.3 Å². The highest BCUT2D eigenvalue weighted by Gasteiger charge is 2.16. The van der Waals surface area contributed by atoms with Crippen molar-refractivity contribution in [3.05, 3.63) is 29.8 Å². The first-order valence-electron chi connectivity index (χ1n) is 5.12. The lowest BCUT2D eigenvalue weighted by Crippen LogP contribution is -2.34. The van der Waals surface area contributed by atoms with Gasteiger partial charge in [-0.1, -0.05) is 6.07 Å². The highest BCUT2D eigenvalue weighted by Crippen LogP contribution is 2.18. The van der Waals surface area contributed by atoms with Gasteiger partial charge >= 0.3 is 5.97 Å². The third-order valence-corrected chi connectivity index (χ3v) is 2.12. The average Bonchev–Trinajstić information content (AvgIpc) is 2.15. The zero-order valence-corrected chi connectivity index (χ0v) is 10.5. The van der Waals surface area contributed by atoms with Crippen LogP contribution in [0.1, 0.15) is 10.4 Å². The predicted octanol–water partition coefficient (Wildman–Crippen LogP) is 1.52. The van der Waals surface area contributed by atoms with Gasteiger partial charge in [-0.15, -0.1) is 5.06 Å². The minimum Gasteiger partial charge on any atom is -0.364 e. The van der Waals surface area contributed by atoms with Crippen LogP contribution in [0.5, 0.6) is 0 Å². The Morgan fingerprint density at radius 2 is 1.88 bits per heavy atom. The van der Waals surface area contributed by atoms with Crippen molar-refractivity contribution in [1.82, 2.24) is 9.55 Å². The molecule has 0 radical (unpaired) electrons. The first-order valence-corrected chi connectivity index (χ1v) is 5.12. The van der Waals surface area contributed by atoms with Crippen LogP contribution in [0.3, 0.4) is 0 Å².